The van der Waals surface area contributed by atoms with Gasteiger partial charge in [0.25, 0.3) is 0 Å². The Balaban J connectivity index is 0.00000645. The summed E-state index contributed by atoms with van der Waals surface area (Å²) < 4.78 is 6.29. The number of allylic oxidation sites excluding steroid dienone is 1. The Morgan fingerprint density at radius 2 is 1.40 bits per heavy atom. The first-order valence-electron chi connectivity index (χ1n) is 16.2. The van der Waals surface area contributed by atoms with Crippen molar-refractivity contribution in [2.75, 3.05) is 23.1 Å². The summed E-state index contributed by atoms with van der Waals surface area (Å²) in [5.41, 5.74) is 3.84. The number of unbranched alkanes of at least 4 members (excludes halogenated alkanes) is 11. The maximum absolute atomic E-state index is 12.8. The highest BCUT2D eigenvalue weighted by Crippen LogP contribution is 2.34. The van der Waals surface area contributed by atoms with Crippen LogP contribution in [-0.2, 0) is 12.0 Å². The van der Waals surface area contributed by atoms with Gasteiger partial charge in [0.05, 0.1) is 12.5 Å². The van der Waals surface area contributed by atoms with Crippen molar-refractivity contribution in [1.29, 1.82) is 0 Å². The van der Waals surface area contributed by atoms with Gasteiger partial charge in [-0.1, -0.05) is 117 Å². The number of ether oxygens (including phenoxy) is 1. The van der Waals surface area contributed by atoms with E-state index in [1.54, 1.807) is 0 Å². The molecule has 0 fully saturated rings. The number of halogens is 1. The van der Waals surface area contributed by atoms with Crippen LogP contribution in [0.3, 0.4) is 0 Å². The maximum Gasteiger partial charge on any atom is 0.323 e. The van der Waals surface area contributed by atoms with E-state index in [4.69, 9.17) is 4.74 Å². The maximum atomic E-state index is 12.8. The summed E-state index contributed by atoms with van der Waals surface area (Å²) in [6.07, 6.45) is 18.1. The van der Waals surface area contributed by atoms with Gasteiger partial charge in [-0.25, -0.2) is 4.79 Å². The molecule has 0 spiro atoms. The number of benzene rings is 2. The fourth-order valence-electron chi connectivity index (χ4n) is 5.29. The monoisotopic (exact) mass is 673 g/mol. The molecule has 0 aromatic heterocycles. The molecule has 7 heteroatoms. The third-order valence-corrected chi connectivity index (χ3v) is 8.74. The van der Waals surface area contributed by atoms with Crippen molar-refractivity contribution in [3.8, 4) is 5.75 Å². The Bertz CT molecular complexity index is 1110. The third kappa shape index (κ3) is 14.5. The molecule has 5 nitrogen and oxygen atoms in total. The molecule has 0 bridgehead atoms. The first kappa shape index (κ1) is 37.1. The second-order valence-corrected chi connectivity index (χ2v) is 13.9. The van der Waals surface area contributed by atoms with E-state index in [-0.39, 0.29) is 28.4 Å². The van der Waals surface area contributed by atoms with E-state index in [1.165, 1.54) is 81.1 Å². The van der Waals surface area contributed by atoms with Crippen LogP contribution in [0, 0.1) is 0 Å². The van der Waals surface area contributed by atoms with Crippen molar-refractivity contribution >= 4 is 46.1 Å². The van der Waals surface area contributed by atoms with Gasteiger partial charge in [-0.15, -0.1) is 28.7 Å². The summed E-state index contributed by atoms with van der Waals surface area (Å²) in [6.45, 7) is 12.6. The predicted octanol–water partition coefficient (Wildman–Crippen LogP) is 11.7. The second-order valence-electron chi connectivity index (χ2n) is 12.7. The van der Waals surface area contributed by atoms with Crippen LogP contribution in [0.1, 0.15) is 123 Å². The Kier molecular flexibility index (Phi) is 17.3. The van der Waals surface area contributed by atoms with Gasteiger partial charge in [0.2, 0.25) is 0 Å². The zero-order valence-electron chi connectivity index (χ0n) is 27.3. The standard InChI is InChI=1S/C36H55N3O2S.BrH/c1-6-7-8-9-10-11-12-13-14-15-16-17-24-41-34-25-32(22-23-33(34)36(3,4)5)38-35(40)37-31-20-18-30(19-21-31)27-39-26-29(2)42-28-39;/h18-23,25-26H,6-17,24,27-28H2,1-5H3,(H2,37,38,40);1H. The van der Waals surface area contributed by atoms with Gasteiger partial charge in [0, 0.05) is 30.2 Å². The van der Waals surface area contributed by atoms with Gasteiger partial charge in [-0.2, -0.15) is 0 Å². The molecule has 3 rings (SSSR count). The number of amides is 2. The first-order valence-corrected chi connectivity index (χ1v) is 17.2. The van der Waals surface area contributed by atoms with Gasteiger partial charge in [0.15, 0.2) is 0 Å². The molecule has 0 atom stereocenters. The molecule has 2 aromatic carbocycles. The second kappa shape index (κ2) is 20.0. The number of hydrogen-bond acceptors (Lipinski definition) is 4. The normalized spacial score (nSPS) is 13.0. The first-order chi connectivity index (χ1) is 20.2. The average Bonchev–Trinajstić information content (AvgIpc) is 3.36. The Morgan fingerprint density at radius 1 is 0.837 bits per heavy atom. The number of nitrogens with zero attached hydrogens (tertiary/aromatic N) is 1. The summed E-state index contributed by atoms with van der Waals surface area (Å²) >= 11 is 1.86. The zero-order chi connectivity index (χ0) is 30.2. The van der Waals surface area contributed by atoms with E-state index in [1.807, 2.05) is 36.0 Å². The fraction of sp³-hybridized carbons (Fsp3) is 0.583. The van der Waals surface area contributed by atoms with Crippen LogP contribution in [0.5, 0.6) is 5.75 Å². The van der Waals surface area contributed by atoms with Gasteiger partial charge < -0.3 is 20.3 Å². The van der Waals surface area contributed by atoms with E-state index in [2.05, 4.69) is 74.6 Å². The number of urea groups is 1. The van der Waals surface area contributed by atoms with Crippen LogP contribution in [0.2, 0.25) is 0 Å². The van der Waals surface area contributed by atoms with E-state index in [0.29, 0.717) is 6.61 Å². The van der Waals surface area contributed by atoms with Crippen LogP contribution in [0.25, 0.3) is 0 Å². The third-order valence-electron chi connectivity index (χ3n) is 7.72. The minimum atomic E-state index is -0.257. The average molecular weight is 675 g/mol. The van der Waals surface area contributed by atoms with Crippen LogP contribution in [0.15, 0.2) is 53.6 Å². The quantitative estimate of drug-likeness (QED) is 0.155. The molecule has 1 aliphatic heterocycles. The highest BCUT2D eigenvalue weighted by molar-refractivity contribution is 8.93. The lowest BCUT2D eigenvalue weighted by Gasteiger charge is -2.23. The lowest BCUT2D eigenvalue weighted by atomic mass is 9.86. The number of nitrogens with one attached hydrogen (secondary N) is 2. The van der Waals surface area contributed by atoms with Crippen molar-refractivity contribution in [2.24, 2.45) is 0 Å². The lowest BCUT2D eigenvalue weighted by molar-refractivity contribution is 0.262. The van der Waals surface area contributed by atoms with Crippen LogP contribution < -0.4 is 15.4 Å². The van der Waals surface area contributed by atoms with Crippen molar-refractivity contribution in [2.45, 2.75) is 124 Å². The van der Waals surface area contributed by atoms with Crippen molar-refractivity contribution in [1.82, 2.24) is 4.90 Å². The van der Waals surface area contributed by atoms with Crippen molar-refractivity contribution in [3.05, 3.63) is 64.7 Å². The number of carbonyl (C=O) groups excluding carboxylic acids is 1. The van der Waals surface area contributed by atoms with Crippen LogP contribution in [-0.4, -0.2) is 23.4 Å². The fourth-order valence-corrected chi connectivity index (χ4v) is 6.05. The minimum Gasteiger partial charge on any atom is -0.493 e. The summed E-state index contributed by atoms with van der Waals surface area (Å²) in [6, 6.07) is 13.8. The molecule has 0 saturated carbocycles. The molecule has 0 saturated heterocycles. The highest BCUT2D eigenvalue weighted by Gasteiger charge is 2.20. The number of thioether (sulfide) groups is 1. The smallest absolute Gasteiger partial charge is 0.323 e. The van der Waals surface area contributed by atoms with Gasteiger partial charge in [0.1, 0.15) is 5.75 Å². The summed E-state index contributed by atoms with van der Waals surface area (Å²) in [7, 11) is 0. The molecular formula is C36H56BrN3O2S. The summed E-state index contributed by atoms with van der Waals surface area (Å²) in [5.74, 6) is 1.85. The highest BCUT2D eigenvalue weighted by atomic mass is 79.9. The molecule has 2 amide bonds. The molecule has 2 aromatic rings. The molecule has 1 aliphatic rings. The number of hydrogen-bond donors (Lipinski definition) is 2. The Morgan fingerprint density at radius 3 is 1.95 bits per heavy atom. The van der Waals surface area contributed by atoms with E-state index in [9.17, 15) is 4.79 Å². The zero-order valence-corrected chi connectivity index (χ0v) is 29.8. The molecule has 0 radical (unpaired) electrons. The Hall–Kier alpha value is -2.12. The summed E-state index contributed by atoms with van der Waals surface area (Å²) in [5, 5.41) is 5.95. The van der Waals surface area contributed by atoms with Gasteiger partial charge in [-0.3, -0.25) is 0 Å². The van der Waals surface area contributed by atoms with Crippen LogP contribution in [0.4, 0.5) is 16.2 Å². The minimum absolute atomic E-state index is 0. The van der Waals surface area contributed by atoms with Crippen molar-refractivity contribution < 1.29 is 9.53 Å². The van der Waals surface area contributed by atoms with Gasteiger partial charge >= 0.3 is 6.03 Å². The number of rotatable bonds is 18. The molecule has 2 N–H and O–H groups in total. The molecular weight excluding hydrogens is 618 g/mol. The molecule has 43 heavy (non-hydrogen) atoms. The largest absolute Gasteiger partial charge is 0.493 e. The van der Waals surface area contributed by atoms with Crippen LogP contribution >= 0.6 is 28.7 Å². The molecule has 240 valence electrons. The molecule has 0 unspecified atom stereocenters. The number of anilines is 2. The summed E-state index contributed by atoms with van der Waals surface area (Å²) in [4.78, 5) is 16.4. The molecule has 1 heterocycles. The lowest BCUT2D eigenvalue weighted by Crippen LogP contribution is -2.20. The SMILES string of the molecule is Br.CCCCCCCCCCCCCCOc1cc(NC(=O)Nc2ccc(CN3C=C(C)SC3)cc2)ccc1C(C)(C)C. The van der Waals surface area contributed by atoms with E-state index >= 15 is 0 Å². The molecule has 0 aliphatic carbocycles. The van der Waals surface area contributed by atoms with E-state index < -0.39 is 0 Å². The topological polar surface area (TPSA) is 53.6 Å². The Labute approximate surface area is 276 Å². The van der Waals surface area contributed by atoms with E-state index in [0.717, 1.165) is 41.5 Å². The number of carbonyl (C=O) groups is 1. The van der Waals surface area contributed by atoms with Crippen molar-refractivity contribution in [3.63, 3.8) is 0 Å². The predicted molar refractivity (Wildman–Crippen MR) is 193 cm³/mol. The van der Waals surface area contributed by atoms with Gasteiger partial charge in [-0.05, 0) is 53.0 Å².